The van der Waals surface area contributed by atoms with Crippen molar-refractivity contribution in [3.8, 4) is 0 Å². The van der Waals surface area contributed by atoms with Gasteiger partial charge in [0.15, 0.2) is 0 Å². The molecule has 0 bridgehead atoms. The number of piperidine rings is 1. The summed E-state index contributed by atoms with van der Waals surface area (Å²) in [5.41, 5.74) is 2.66. The summed E-state index contributed by atoms with van der Waals surface area (Å²) in [4.78, 5) is 40.9. The number of hydrogen-bond donors (Lipinski definition) is 0. The lowest BCUT2D eigenvalue weighted by molar-refractivity contribution is -0.150. The molecule has 2 amide bonds. The number of nitrogens with zero attached hydrogens (tertiary/aromatic N) is 2. The summed E-state index contributed by atoms with van der Waals surface area (Å²) in [6.07, 6.45) is 1.76. The number of esters is 1. The van der Waals surface area contributed by atoms with E-state index in [4.69, 9.17) is 4.74 Å². The molecule has 2 saturated heterocycles. The van der Waals surface area contributed by atoms with E-state index in [0.717, 1.165) is 30.5 Å². The first-order valence-corrected chi connectivity index (χ1v) is 9.27. The first-order valence-electron chi connectivity index (χ1n) is 9.27. The lowest BCUT2D eigenvalue weighted by Crippen LogP contribution is -2.48. The van der Waals surface area contributed by atoms with Crippen molar-refractivity contribution in [2.24, 2.45) is 5.92 Å². The molecule has 2 heterocycles. The van der Waals surface area contributed by atoms with Gasteiger partial charge in [0.2, 0.25) is 5.91 Å². The molecule has 0 aliphatic carbocycles. The van der Waals surface area contributed by atoms with Gasteiger partial charge in [-0.25, -0.2) is 4.90 Å². The standard InChI is InChI=1S/C20H26N2O4/c1-4-26-20(25)15-6-5-9-21(12-15)17-11-18(23)22(19(17)24)16-8-7-13(2)10-14(16)3/h7-8,10,15,17H,4-6,9,11-12H2,1-3H3/t15-,17-/m1/s1. The third-order valence-corrected chi connectivity index (χ3v) is 5.23. The van der Waals surface area contributed by atoms with Crippen molar-refractivity contribution in [3.05, 3.63) is 29.3 Å². The second-order valence-electron chi connectivity index (χ2n) is 7.16. The molecule has 1 aromatic carbocycles. The third kappa shape index (κ3) is 3.51. The number of benzene rings is 1. The van der Waals surface area contributed by atoms with Crippen LogP contribution < -0.4 is 4.90 Å². The summed E-state index contributed by atoms with van der Waals surface area (Å²) < 4.78 is 5.13. The number of carbonyl (C=O) groups is 3. The van der Waals surface area contributed by atoms with Crippen LogP contribution in [0.3, 0.4) is 0 Å². The summed E-state index contributed by atoms with van der Waals surface area (Å²) in [7, 11) is 0. The Labute approximate surface area is 154 Å². The highest BCUT2D eigenvalue weighted by molar-refractivity contribution is 6.22. The highest BCUT2D eigenvalue weighted by Gasteiger charge is 2.44. The Morgan fingerprint density at radius 2 is 2.04 bits per heavy atom. The molecular weight excluding hydrogens is 332 g/mol. The molecule has 3 rings (SSSR count). The molecule has 0 aromatic heterocycles. The SMILES string of the molecule is CCOC(=O)[C@@H]1CCCN([C@@H]2CC(=O)N(c3ccc(C)cc3C)C2=O)C1. The Morgan fingerprint density at radius 1 is 1.27 bits per heavy atom. The summed E-state index contributed by atoms with van der Waals surface area (Å²) >= 11 is 0. The number of hydrogen-bond acceptors (Lipinski definition) is 5. The molecule has 0 unspecified atom stereocenters. The molecule has 2 aliphatic rings. The quantitative estimate of drug-likeness (QED) is 0.610. The lowest BCUT2D eigenvalue weighted by atomic mass is 9.96. The van der Waals surface area contributed by atoms with Crippen molar-refractivity contribution >= 4 is 23.5 Å². The van der Waals surface area contributed by atoms with Gasteiger partial charge in [0.05, 0.1) is 30.7 Å². The molecule has 6 heteroatoms. The molecule has 1 aromatic rings. The van der Waals surface area contributed by atoms with E-state index in [1.54, 1.807) is 6.92 Å². The number of anilines is 1. The molecule has 0 radical (unpaired) electrons. The predicted octanol–water partition coefficient (Wildman–Crippen LogP) is 2.21. The Hall–Kier alpha value is -2.21. The second kappa shape index (κ2) is 7.58. The van der Waals surface area contributed by atoms with Crippen LogP contribution in [0.5, 0.6) is 0 Å². The van der Waals surface area contributed by atoms with E-state index in [1.807, 2.05) is 36.9 Å². The first kappa shape index (κ1) is 18.6. The van der Waals surface area contributed by atoms with Crippen molar-refractivity contribution in [2.45, 2.75) is 46.1 Å². The fraction of sp³-hybridized carbons (Fsp3) is 0.550. The van der Waals surface area contributed by atoms with Crippen LogP contribution in [0.4, 0.5) is 5.69 Å². The zero-order chi connectivity index (χ0) is 18.8. The van der Waals surface area contributed by atoms with Crippen LogP contribution >= 0.6 is 0 Å². The van der Waals surface area contributed by atoms with E-state index in [9.17, 15) is 14.4 Å². The predicted molar refractivity (Wildman–Crippen MR) is 97.7 cm³/mol. The average Bonchev–Trinajstić information content (AvgIpc) is 2.90. The molecule has 6 nitrogen and oxygen atoms in total. The molecule has 0 N–H and O–H groups in total. The van der Waals surface area contributed by atoms with Crippen LogP contribution in [0.1, 0.15) is 37.3 Å². The maximum absolute atomic E-state index is 13.0. The zero-order valence-electron chi connectivity index (χ0n) is 15.7. The molecule has 26 heavy (non-hydrogen) atoms. The molecule has 0 spiro atoms. The summed E-state index contributed by atoms with van der Waals surface area (Å²) in [6, 6.07) is 5.23. The van der Waals surface area contributed by atoms with Gasteiger partial charge in [-0.1, -0.05) is 17.7 Å². The van der Waals surface area contributed by atoms with E-state index in [2.05, 4.69) is 0 Å². The minimum absolute atomic E-state index is 0.168. The van der Waals surface area contributed by atoms with Gasteiger partial charge in [-0.15, -0.1) is 0 Å². The normalized spacial score (nSPS) is 24.2. The number of likely N-dealkylation sites (tertiary alicyclic amines) is 1. The van der Waals surface area contributed by atoms with Gasteiger partial charge in [0.25, 0.3) is 5.91 Å². The first-order chi connectivity index (χ1) is 12.4. The maximum atomic E-state index is 13.0. The molecule has 2 aliphatic heterocycles. The number of carbonyl (C=O) groups excluding carboxylic acids is 3. The van der Waals surface area contributed by atoms with E-state index < -0.39 is 6.04 Å². The van der Waals surface area contributed by atoms with Crippen molar-refractivity contribution in [1.29, 1.82) is 0 Å². The Balaban J connectivity index is 1.77. The van der Waals surface area contributed by atoms with E-state index in [1.165, 1.54) is 4.90 Å². The van der Waals surface area contributed by atoms with Gasteiger partial charge < -0.3 is 4.74 Å². The Morgan fingerprint density at radius 3 is 2.73 bits per heavy atom. The maximum Gasteiger partial charge on any atom is 0.310 e. The van der Waals surface area contributed by atoms with E-state index in [-0.39, 0.29) is 30.1 Å². The highest BCUT2D eigenvalue weighted by Crippen LogP contribution is 2.31. The minimum Gasteiger partial charge on any atom is -0.466 e. The van der Waals surface area contributed by atoms with Crippen LogP contribution in [0.15, 0.2) is 18.2 Å². The minimum atomic E-state index is -0.486. The molecule has 140 valence electrons. The van der Waals surface area contributed by atoms with Crippen LogP contribution in [-0.2, 0) is 19.1 Å². The lowest BCUT2D eigenvalue weighted by Gasteiger charge is -2.34. The Kier molecular flexibility index (Phi) is 5.41. The molecule has 0 saturated carbocycles. The van der Waals surface area contributed by atoms with Gasteiger partial charge in [0, 0.05) is 6.54 Å². The van der Waals surface area contributed by atoms with Gasteiger partial charge in [-0.2, -0.15) is 0 Å². The van der Waals surface area contributed by atoms with Crippen molar-refractivity contribution in [1.82, 2.24) is 4.90 Å². The van der Waals surface area contributed by atoms with Gasteiger partial charge >= 0.3 is 5.97 Å². The summed E-state index contributed by atoms with van der Waals surface area (Å²) in [5, 5.41) is 0. The smallest absolute Gasteiger partial charge is 0.310 e. The second-order valence-corrected chi connectivity index (χ2v) is 7.16. The number of imide groups is 1. The van der Waals surface area contributed by atoms with Gasteiger partial charge in [-0.05, 0) is 51.8 Å². The summed E-state index contributed by atoms with van der Waals surface area (Å²) in [6.45, 7) is 7.24. The fourth-order valence-electron chi connectivity index (χ4n) is 3.95. The van der Waals surface area contributed by atoms with E-state index >= 15 is 0 Å². The highest BCUT2D eigenvalue weighted by atomic mass is 16.5. The van der Waals surface area contributed by atoms with E-state index in [0.29, 0.717) is 18.8 Å². The zero-order valence-corrected chi connectivity index (χ0v) is 15.7. The van der Waals surface area contributed by atoms with Crippen LogP contribution in [0.25, 0.3) is 0 Å². The van der Waals surface area contributed by atoms with Crippen LogP contribution in [0.2, 0.25) is 0 Å². The number of rotatable bonds is 4. The van der Waals surface area contributed by atoms with Crippen LogP contribution in [-0.4, -0.2) is 48.4 Å². The number of ether oxygens (including phenoxy) is 1. The topological polar surface area (TPSA) is 66.9 Å². The largest absolute Gasteiger partial charge is 0.466 e. The number of aryl methyl sites for hydroxylation is 2. The molecular formula is C20H26N2O4. The third-order valence-electron chi connectivity index (χ3n) is 5.23. The average molecular weight is 358 g/mol. The van der Waals surface area contributed by atoms with Gasteiger partial charge in [-0.3, -0.25) is 19.3 Å². The van der Waals surface area contributed by atoms with Crippen molar-refractivity contribution in [2.75, 3.05) is 24.6 Å². The Bertz CT molecular complexity index is 731. The number of amides is 2. The van der Waals surface area contributed by atoms with Crippen molar-refractivity contribution < 1.29 is 19.1 Å². The van der Waals surface area contributed by atoms with Gasteiger partial charge in [0.1, 0.15) is 0 Å². The molecule has 2 fully saturated rings. The monoisotopic (exact) mass is 358 g/mol. The summed E-state index contributed by atoms with van der Waals surface area (Å²) in [5.74, 6) is -0.793. The van der Waals surface area contributed by atoms with Crippen LogP contribution in [0, 0.1) is 19.8 Å². The fourth-order valence-corrected chi connectivity index (χ4v) is 3.95. The molecule has 2 atom stereocenters. The van der Waals surface area contributed by atoms with Crippen molar-refractivity contribution in [3.63, 3.8) is 0 Å².